The highest BCUT2D eigenvalue weighted by Gasteiger charge is 2.16. The van der Waals surface area contributed by atoms with E-state index in [1.54, 1.807) is 35.0 Å². The summed E-state index contributed by atoms with van der Waals surface area (Å²) in [6.07, 6.45) is 0. The van der Waals surface area contributed by atoms with Gasteiger partial charge in [-0.15, -0.1) is 5.10 Å². The maximum atomic E-state index is 12.4. The first-order valence-electron chi connectivity index (χ1n) is 8.18. The van der Waals surface area contributed by atoms with Crippen molar-refractivity contribution in [3.63, 3.8) is 0 Å². The monoisotopic (exact) mass is 401 g/mol. The first-order valence-corrected chi connectivity index (χ1v) is 10.8. The van der Waals surface area contributed by atoms with E-state index >= 15 is 0 Å². The summed E-state index contributed by atoms with van der Waals surface area (Å²) in [5, 5.41) is 15.4. The SMILES string of the molecule is C=C(C)Nc1cccc(-n2nnnc2SCCS(=O)(=O)c2ccccc2)c1. The smallest absolute Gasteiger partial charge is 0.214 e. The molecule has 140 valence electrons. The molecule has 0 radical (unpaired) electrons. The Hall–Kier alpha value is -2.65. The number of sulfone groups is 1. The van der Waals surface area contributed by atoms with Crippen LogP contribution >= 0.6 is 11.8 Å². The fraction of sp³-hybridized carbons (Fsp3) is 0.167. The molecule has 2 aromatic carbocycles. The summed E-state index contributed by atoms with van der Waals surface area (Å²) in [7, 11) is -3.33. The molecule has 0 amide bonds. The van der Waals surface area contributed by atoms with Gasteiger partial charge < -0.3 is 5.32 Å². The van der Waals surface area contributed by atoms with E-state index in [4.69, 9.17) is 0 Å². The van der Waals surface area contributed by atoms with E-state index in [1.165, 1.54) is 11.8 Å². The van der Waals surface area contributed by atoms with E-state index in [1.807, 2.05) is 31.2 Å². The number of benzene rings is 2. The third-order valence-corrected chi connectivity index (χ3v) is 6.49. The lowest BCUT2D eigenvalue weighted by atomic mass is 10.2. The molecule has 1 N–H and O–H groups in total. The Balaban J connectivity index is 1.70. The van der Waals surface area contributed by atoms with Gasteiger partial charge >= 0.3 is 0 Å². The van der Waals surface area contributed by atoms with Crippen molar-refractivity contribution in [2.45, 2.75) is 17.0 Å². The number of nitrogens with one attached hydrogen (secondary N) is 1. The summed E-state index contributed by atoms with van der Waals surface area (Å²) in [5.74, 6) is 0.354. The van der Waals surface area contributed by atoms with Crippen LogP contribution in [-0.2, 0) is 9.84 Å². The molecule has 3 aromatic rings. The molecular weight excluding hydrogens is 382 g/mol. The molecule has 0 unspecified atom stereocenters. The van der Waals surface area contributed by atoms with Crippen LogP contribution in [0.15, 0.2) is 76.9 Å². The number of hydrogen-bond acceptors (Lipinski definition) is 7. The Morgan fingerprint density at radius 1 is 1.19 bits per heavy atom. The second-order valence-electron chi connectivity index (χ2n) is 5.81. The first kappa shape index (κ1) is 19.1. The maximum absolute atomic E-state index is 12.4. The van der Waals surface area contributed by atoms with Crippen LogP contribution in [0.4, 0.5) is 5.69 Å². The number of rotatable bonds is 8. The van der Waals surface area contributed by atoms with E-state index in [0.29, 0.717) is 15.8 Å². The van der Waals surface area contributed by atoms with Crippen molar-refractivity contribution >= 4 is 27.3 Å². The molecule has 27 heavy (non-hydrogen) atoms. The fourth-order valence-electron chi connectivity index (χ4n) is 2.38. The quantitative estimate of drug-likeness (QED) is 0.580. The van der Waals surface area contributed by atoms with Crippen molar-refractivity contribution in [3.05, 3.63) is 66.9 Å². The van der Waals surface area contributed by atoms with Gasteiger partial charge in [0.05, 0.1) is 16.3 Å². The molecule has 0 saturated heterocycles. The Kier molecular flexibility index (Phi) is 5.92. The predicted octanol–water partition coefficient (Wildman–Crippen LogP) is 3.17. The number of hydrogen-bond donors (Lipinski definition) is 1. The summed E-state index contributed by atoms with van der Waals surface area (Å²) in [6.45, 7) is 5.70. The van der Waals surface area contributed by atoms with E-state index in [2.05, 4.69) is 27.4 Å². The zero-order valence-corrected chi connectivity index (χ0v) is 16.4. The Morgan fingerprint density at radius 3 is 2.70 bits per heavy atom. The molecule has 3 rings (SSSR count). The lowest BCUT2D eigenvalue weighted by Gasteiger charge is -2.09. The van der Waals surface area contributed by atoms with Gasteiger partial charge in [0.15, 0.2) is 9.84 Å². The summed E-state index contributed by atoms with van der Waals surface area (Å²) in [4.78, 5) is 0.323. The van der Waals surface area contributed by atoms with Crippen molar-refractivity contribution in [2.24, 2.45) is 0 Å². The molecule has 0 fully saturated rings. The third kappa shape index (κ3) is 4.95. The third-order valence-electron chi connectivity index (χ3n) is 3.57. The number of aromatic nitrogens is 4. The molecule has 1 aromatic heterocycles. The van der Waals surface area contributed by atoms with Gasteiger partial charge in [0, 0.05) is 17.1 Å². The normalized spacial score (nSPS) is 11.3. The zero-order chi connectivity index (χ0) is 19.3. The number of anilines is 1. The zero-order valence-electron chi connectivity index (χ0n) is 14.7. The van der Waals surface area contributed by atoms with Gasteiger partial charge in [-0.25, -0.2) is 8.42 Å². The summed E-state index contributed by atoms with van der Waals surface area (Å²) < 4.78 is 26.3. The topological polar surface area (TPSA) is 89.8 Å². The van der Waals surface area contributed by atoms with Crippen molar-refractivity contribution in [1.82, 2.24) is 20.2 Å². The van der Waals surface area contributed by atoms with Gasteiger partial charge in [0.25, 0.3) is 0 Å². The van der Waals surface area contributed by atoms with Crippen molar-refractivity contribution in [3.8, 4) is 5.69 Å². The Labute approximate surface area is 162 Å². The molecule has 1 heterocycles. The standard InChI is InChI=1S/C18H19N5O2S2/c1-14(2)19-15-7-6-8-16(13-15)23-18(20-21-22-23)26-11-12-27(24,25)17-9-4-3-5-10-17/h3-10,13,19H,1,11-12H2,2H3. The van der Waals surface area contributed by atoms with E-state index in [9.17, 15) is 8.42 Å². The largest absolute Gasteiger partial charge is 0.360 e. The van der Waals surface area contributed by atoms with E-state index < -0.39 is 9.84 Å². The Bertz CT molecular complexity index is 1030. The van der Waals surface area contributed by atoms with Gasteiger partial charge in [0.2, 0.25) is 5.16 Å². The molecule has 0 saturated carbocycles. The summed E-state index contributed by atoms with van der Waals surface area (Å²) in [6, 6.07) is 16.0. The van der Waals surface area contributed by atoms with Crippen molar-refractivity contribution in [2.75, 3.05) is 16.8 Å². The summed E-state index contributed by atoms with van der Waals surface area (Å²) in [5.41, 5.74) is 2.47. The fourth-order valence-corrected chi connectivity index (χ4v) is 4.94. The average molecular weight is 402 g/mol. The summed E-state index contributed by atoms with van der Waals surface area (Å²) >= 11 is 1.30. The average Bonchev–Trinajstić information content (AvgIpc) is 3.10. The van der Waals surface area contributed by atoms with Crippen LogP contribution in [-0.4, -0.2) is 40.1 Å². The predicted molar refractivity (Wildman–Crippen MR) is 107 cm³/mol. The van der Waals surface area contributed by atoms with Gasteiger partial charge in [-0.1, -0.05) is 42.6 Å². The van der Waals surface area contributed by atoms with Crippen molar-refractivity contribution in [1.29, 1.82) is 0 Å². The van der Waals surface area contributed by atoms with Gasteiger partial charge in [0.1, 0.15) is 0 Å². The van der Waals surface area contributed by atoms with Gasteiger partial charge in [-0.2, -0.15) is 4.68 Å². The minimum Gasteiger partial charge on any atom is -0.360 e. The van der Waals surface area contributed by atoms with Crippen LogP contribution in [0.25, 0.3) is 5.69 Å². The minimum atomic E-state index is -3.33. The van der Waals surface area contributed by atoms with Crippen LogP contribution in [0.3, 0.4) is 0 Å². The van der Waals surface area contributed by atoms with Crippen LogP contribution in [0.1, 0.15) is 6.92 Å². The molecule has 0 aliphatic rings. The van der Waals surface area contributed by atoms with Crippen LogP contribution in [0.2, 0.25) is 0 Å². The lowest BCUT2D eigenvalue weighted by Crippen LogP contribution is -2.09. The molecule has 0 aliphatic heterocycles. The molecule has 0 spiro atoms. The molecule has 0 aliphatic carbocycles. The van der Waals surface area contributed by atoms with Crippen LogP contribution in [0.5, 0.6) is 0 Å². The second-order valence-corrected chi connectivity index (χ2v) is 8.98. The highest BCUT2D eigenvalue weighted by atomic mass is 32.2. The molecule has 7 nitrogen and oxygen atoms in total. The van der Waals surface area contributed by atoms with Crippen LogP contribution < -0.4 is 5.32 Å². The van der Waals surface area contributed by atoms with Crippen molar-refractivity contribution < 1.29 is 8.42 Å². The molecular formula is C18H19N5O2S2. The van der Waals surface area contributed by atoms with Gasteiger partial charge in [-0.3, -0.25) is 0 Å². The lowest BCUT2D eigenvalue weighted by molar-refractivity contribution is 0.597. The Morgan fingerprint density at radius 2 is 1.96 bits per heavy atom. The minimum absolute atomic E-state index is 0.00575. The number of nitrogens with zero attached hydrogens (tertiary/aromatic N) is 4. The van der Waals surface area contributed by atoms with E-state index in [0.717, 1.165) is 17.1 Å². The molecule has 0 bridgehead atoms. The highest BCUT2D eigenvalue weighted by Crippen LogP contribution is 2.22. The molecule has 0 atom stereocenters. The van der Waals surface area contributed by atoms with E-state index in [-0.39, 0.29) is 5.75 Å². The first-order chi connectivity index (χ1) is 13.0. The number of allylic oxidation sites excluding steroid dienone is 1. The second kappa shape index (κ2) is 8.36. The molecule has 9 heteroatoms. The maximum Gasteiger partial charge on any atom is 0.214 e. The number of thioether (sulfide) groups is 1. The highest BCUT2D eigenvalue weighted by molar-refractivity contribution is 8.00. The van der Waals surface area contributed by atoms with Gasteiger partial charge in [-0.05, 0) is 47.7 Å². The number of tetrazole rings is 1. The van der Waals surface area contributed by atoms with Crippen LogP contribution in [0, 0.1) is 0 Å².